The van der Waals surface area contributed by atoms with Gasteiger partial charge in [-0.25, -0.2) is 4.98 Å². The van der Waals surface area contributed by atoms with Crippen molar-refractivity contribution in [1.82, 2.24) is 9.55 Å². The average molecular weight is 347 g/mol. The first kappa shape index (κ1) is 18.7. The minimum atomic E-state index is -1.07. The van der Waals surface area contributed by atoms with Crippen molar-refractivity contribution >= 4 is 8.07 Å². The molecule has 0 aliphatic carbocycles. The topological polar surface area (TPSA) is 47.3 Å². The van der Waals surface area contributed by atoms with Gasteiger partial charge in [0.05, 0.1) is 18.2 Å². The normalized spacial score (nSPS) is 12.6. The van der Waals surface area contributed by atoms with Gasteiger partial charge in [-0.2, -0.15) is 0 Å². The van der Waals surface area contributed by atoms with Crippen LogP contribution in [0.25, 0.3) is 11.3 Å². The highest BCUT2D eigenvalue weighted by Gasteiger charge is 2.19. The third-order valence-electron chi connectivity index (χ3n) is 4.04. The molecule has 0 atom stereocenters. The van der Waals surface area contributed by atoms with Gasteiger partial charge in [0.2, 0.25) is 0 Å². The first-order valence-electron chi connectivity index (χ1n) is 8.50. The van der Waals surface area contributed by atoms with E-state index in [2.05, 4.69) is 45.4 Å². The summed E-state index contributed by atoms with van der Waals surface area (Å²) in [7, 11) is -1.07. The molecule has 1 N–H and O–H groups in total. The van der Waals surface area contributed by atoms with Gasteiger partial charge in [0, 0.05) is 20.2 Å². The molecule has 0 aliphatic rings. The zero-order valence-corrected chi connectivity index (χ0v) is 16.8. The summed E-state index contributed by atoms with van der Waals surface area (Å²) in [5.41, 5.74) is 2.88. The first-order valence-corrected chi connectivity index (χ1v) is 12.2. The van der Waals surface area contributed by atoms with E-state index in [1.807, 2.05) is 22.9 Å². The minimum Gasteiger partial charge on any atom is -0.508 e. The quantitative estimate of drug-likeness (QED) is 0.600. The fourth-order valence-electron chi connectivity index (χ4n) is 2.50. The number of phenolic OH excluding ortho intramolecular Hbond substituents is 1. The molecule has 1 aromatic heterocycles. The molecule has 132 valence electrons. The van der Waals surface area contributed by atoms with Crippen LogP contribution in [0.15, 0.2) is 30.7 Å². The minimum absolute atomic E-state index is 0.112. The molecule has 0 saturated carbocycles. The summed E-state index contributed by atoms with van der Waals surface area (Å²) in [4.78, 5) is 4.27. The summed E-state index contributed by atoms with van der Waals surface area (Å²) in [6.07, 6.45) is 3.65. The zero-order chi connectivity index (χ0) is 18.0. The highest BCUT2D eigenvalue weighted by molar-refractivity contribution is 6.76. The van der Waals surface area contributed by atoms with Gasteiger partial charge in [-0.3, -0.25) is 0 Å². The number of benzene rings is 1. The van der Waals surface area contributed by atoms with Crippen LogP contribution in [0.3, 0.4) is 0 Å². The number of aromatic hydroxyl groups is 1. The summed E-state index contributed by atoms with van der Waals surface area (Å²) in [6.45, 7) is 14.6. The smallest absolute Gasteiger partial charge is 0.124 e. The van der Waals surface area contributed by atoms with Crippen LogP contribution >= 0.6 is 0 Å². The van der Waals surface area contributed by atoms with Crippen LogP contribution in [-0.4, -0.2) is 29.3 Å². The number of imidazole rings is 1. The predicted octanol–water partition coefficient (Wildman–Crippen LogP) is 4.87. The van der Waals surface area contributed by atoms with Crippen molar-refractivity contribution in [3.8, 4) is 17.0 Å². The summed E-state index contributed by atoms with van der Waals surface area (Å²) in [6, 6.07) is 6.90. The number of phenols is 1. The van der Waals surface area contributed by atoms with E-state index >= 15 is 0 Å². The second-order valence-corrected chi connectivity index (χ2v) is 14.2. The molecule has 0 radical (unpaired) electrons. The average Bonchev–Trinajstić information content (AvgIpc) is 2.90. The molecule has 0 aliphatic heterocycles. The van der Waals surface area contributed by atoms with Gasteiger partial charge in [-0.15, -0.1) is 0 Å². The Kier molecular flexibility index (Phi) is 5.55. The molecule has 5 heteroatoms. The number of ether oxygens (including phenoxy) is 1. The zero-order valence-electron chi connectivity index (χ0n) is 15.8. The molecule has 1 aromatic carbocycles. The Labute approximate surface area is 146 Å². The van der Waals surface area contributed by atoms with E-state index in [9.17, 15) is 5.11 Å². The molecule has 0 bridgehead atoms. The summed E-state index contributed by atoms with van der Waals surface area (Å²) < 4.78 is 7.86. The van der Waals surface area contributed by atoms with E-state index < -0.39 is 8.07 Å². The monoisotopic (exact) mass is 346 g/mol. The van der Waals surface area contributed by atoms with Gasteiger partial charge in [0.1, 0.15) is 12.5 Å². The van der Waals surface area contributed by atoms with E-state index in [4.69, 9.17) is 4.74 Å². The molecule has 4 nitrogen and oxygen atoms in total. The van der Waals surface area contributed by atoms with Crippen molar-refractivity contribution in [3.05, 3.63) is 36.3 Å². The van der Waals surface area contributed by atoms with Crippen molar-refractivity contribution < 1.29 is 9.84 Å². The van der Waals surface area contributed by atoms with Gasteiger partial charge in [0.25, 0.3) is 0 Å². The number of nitrogens with zero attached hydrogens (tertiary/aromatic N) is 2. The predicted molar refractivity (Wildman–Crippen MR) is 102 cm³/mol. The lowest BCUT2D eigenvalue weighted by atomic mass is 9.85. The molecule has 1 heterocycles. The Balaban J connectivity index is 2.15. The van der Waals surface area contributed by atoms with Crippen molar-refractivity contribution in [3.63, 3.8) is 0 Å². The number of rotatable bonds is 6. The Morgan fingerprint density at radius 3 is 2.54 bits per heavy atom. The van der Waals surface area contributed by atoms with Gasteiger partial charge < -0.3 is 14.4 Å². The molecular formula is C19H30N2O2Si. The molecule has 0 amide bonds. The third kappa shape index (κ3) is 4.95. The number of hydrogen-bond donors (Lipinski definition) is 1. The Morgan fingerprint density at radius 2 is 1.92 bits per heavy atom. The molecule has 2 rings (SSSR count). The fourth-order valence-corrected chi connectivity index (χ4v) is 3.26. The molecule has 0 spiro atoms. The van der Waals surface area contributed by atoms with Crippen LogP contribution in [0, 0.1) is 0 Å². The molecule has 2 aromatic rings. The van der Waals surface area contributed by atoms with Crippen molar-refractivity contribution in [2.24, 2.45) is 0 Å². The summed E-state index contributed by atoms with van der Waals surface area (Å²) in [5.74, 6) is 0.337. The van der Waals surface area contributed by atoms with E-state index in [-0.39, 0.29) is 5.41 Å². The van der Waals surface area contributed by atoms with Crippen LogP contribution in [0.1, 0.15) is 26.3 Å². The standard InChI is InChI=1S/C19H30N2O2Si/c1-19(2,3)16-11-15(7-8-18(16)22)17-12-20-13-21(17)14-23-9-10-24(4,5)6/h7-8,11-13,22H,9-10,14H2,1-6H3. The largest absolute Gasteiger partial charge is 0.508 e. The molecule has 0 fully saturated rings. The maximum atomic E-state index is 10.1. The van der Waals surface area contributed by atoms with Crippen LogP contribution in [0.2, 0.25) is 25.7 Å². The van der Waals surface area contributed by atoms with Crippen LogP contribution in [0.5, 0.6) is 5.75 Å². The van der Waals surface area contributed by atoms with Crippen LogP contribution in [-0.2, 0) is 16.9 Å². The fraction of sp³-hybridized carbons (Fsp3) is 0.526. The molecule has 0 unspecified atom stereocenters. The van der Waals surface area contributed by atoms with Gasteiger partial charge in [0.15, 0.2) is 0 Å². The Morgan fingerprint density at radius 1 is 1.21 bits per heavy atom. The van der Waals surface area contributed by atoms with Gasteiger partial charge in [-0.05, 0) is 35.2 Å². The second kappa shape index (κ2) is 7.11. The van der Waals surface area contributed by atoms with Crippen molar-refractivity contribution in [1.29, 1.82) is 0 Å². The molecular weight excluding hydrogens is 316 g/mol. The van der Waals surface area contributed by atoms with Crippen molar-refractivity contribution in [2.45, 2.75) is 58.6 Å². The SMILES string of the molecule is CC(C)(C)c1cc(-c2cncn2COCC[Si](C)(C)C)ccc1O. The van der Waals surface area contributed by atoms with Crippen LogP contribution < -0.4 is 0 Å². The molecule has 0 saturated heterocycles. The first-order chi connectivity index (χ1) is 11.1. The number of aromatic nitrogens is 2. The van der Waals surface area contributed by atoms with E-state index in [0.717, 1.165) is 29.5 Å². The summed E-state index contributed by atoms with van der Waals surface area (Å²) in [5, 5.41) is 10.1. The summed E-state index contributed by atoms with van der Waals surface area (Å²) >= 11 is 0. The third-order valence-corrected chi connectivity index (χ3v) is 5.74. The van der Waals surface area contributed by atoms with Gasteiger partial charge >= 0.3 is 0 Å². The second-order valence-electron chi connectivity index (χ2n) is 8.58. The lowest BCUT2D eigenvalue weighted by Crippen LogP contribution is -2.22. The van der Waals surface area contributed by atoms with E-state index in [1.54, 1.807) is 12.4 Å². The highest BCUT2D eigenvalue weighted by atomic mass is 28.3. The number of hydrogen-bond acceptors (Lipinski definition) is 3. The van der Waals surface area contributed by atoms with E-state index in [1.165, 1.54) is 0 Å². The van der Waals surface area contributed by atoms with Crippen LogP contribution in [0.4, 0.5) is 0 Å². The highest BCUT2D eigenvalue weighted by Crippen LogP contribution is 2.34. The van der Waals surface area contributed by atoms with Crippen molar-refractivity contribution in [2.75, 3.05) is 6.61 Å². The van der Waals surface area contributed by atoms with Gasteiger partial charge in [-0.1, -0.05) is 40.4 Å². The van der Waals surface area contributed by atoms with E-state index in [0.29, 0.717) is 12.5 Å². The lowest BCUT2D eigenvalue weighted by Gasteiger charge is -2.21. The maximum absolute atomic E-state index is 10.1. The Hall–Kier alpha value is -1.59. The molecule has 24 heavy (non-hydrogen) atoms. The lowest BCUT2D eigenvalue weighted by molar-refractivity contribution is 0.0882. The Bertz CT molecular complexity index is 681. The maximum Gasteiger partial charge on any atom is 0.124 e.